The molecule has 3 atom stereocenters. The molecule has 1 aliphatic carbocycles. The summed E-state index contributed by atoms with van der Waals surface area (Å²) in [4.78, 5) is 14.0. The van der Waals surface area contributed by atoms with Crippen LogP contribution in [-0.4, -0.2) is 35.1 Å². The first-order valence-corrected chi connectivity index (χ1v) is 6.52. The first kappa shape index (κ1) is 11.9. The number of benzene rings is 1. The van der Waals surface area contributed by atoms with Gasteiger partial charge < -0.3 is 5.11 Å². The molecule has 1 saturated heterocycles. The van der Waals surface area contributed by atoms with Gasteiger partial charge in [-0.25, -0.2) is 0 Å². The monoisotopic (exact) mass is 245 g/mol. The molecule has 1 aliphatic heterocycles. The zero-order valence-corrected chi connectivity index (χ0v) is 10.8. The predicted octanol–water partition coefficient (Wildman–Crippen LogP) is 1.78. The summed E-state index contributed by atoms with van der Waals surface area (Å²) in [5, 5.41) is 10.2. The molecular formula is C15H19NO2. The molecule has 0 radical (unpaired) electrons. The predicted molar refractivity (Wildman–Crippen MR) is 69.1 cm³/mol. The summed E-state index contributed by atoms with van der Waals surface area (Å²) >= 11 is 0. The quantitative estimate of drug-likeness (QED) is 0.825. The molecule has 1 aromatic rings. The second-order valence-electron chi connectivity index (χ2n) is 6.09. The molecule has 96 valence electrons. The van der Waals surface area contributed by atoms with Crippen molar-refractivity contribution < 1.29 is 9.90 Å². The Kier molecular flexibility index (Phi) is 2.57. The number of likely N-dealkylation sites (tertiary alicyclic amines) is 1. The lowest BCUT2D eigenvalue weighted by Crippen LogP contribution is -2.39. The Morgan fingerprint density at radius 3 is 2.61 bits per heavy atom. The molecule has 0 amide bonds. The van der Waals surface area contributed by atoms with E-state index < -0.39 is 6.23 Å². The molecule has 18 heavy (non-hydrogen) atoms. The van der Waals surface area contributed by atoms with Gasteiger partial charge in [0.1, 0.15) is 6.23 Å². The van der Waals surface area contributed by atoms with Gasteiger partial charge in [-0.3, -0.25) is 9.69 Å². The summed E-state index contributed by atoms with van der Waals surface area (Å²) in [7, 11) is 0. The number of fused-ring (bicyclic) bond motifs is 1. The summed E-state index contributed by atoms with van der Waals surface area (Å²) in [5.74, 6) is 0.992. The molecule has 1 N–H and O–H groups in total. The zero-order chi connectivity index (χ0) is 12.9. The van der Waals surface area contributed by atoms with E-state index in [1.165, 1.54) is 0 Å². The number of Topliss-reactive ketones (excluding diaryl/α,β-unsaturated/α-hetero) is 1. The van der Waals surface area contributed by atoms with Crippen LogP contribution in [0.1, 0.15) is 24.2 Å². The van der Waals surface area contributed by atoms with Gasteiger partial charge in [0.05, 0.1) is 6.54 Å². The number of nitrogens with zero attached hydrogens (tertiary/aromatic N) is 1. The fourth-order valence-electron chi connectivity index (χ4n) is 3.37. The van der Waals surface area contributed by atoms with Crippen LogP contribution in [0.15, 0.2) is 30.3 Å². The number of ketones is 1. The molecule has 0 aromatic heterocycles. The molecule has 0 spiro atoms. The second kappa shape index (κ2) is 3.90. The fourth-order valence-corrected chi connectivity index (χ4v) is 3.37. The van der Waals surface area contributed by atoms with Crippen LogP contribution in [0.25, 0.3) is 0 Å². The lowest BCUT2D eigenvalue weighted by molar-refractivity contribution is 0.000822. The van der Waals surface area contributed by atoms with E-state index in [9.17, 15) is 9.90 Å². The molecule has 3 rings (SSSR count). The van der Waals surface area contributed by atoms with Crippen molar-refractivity contribution in [2.24, 2.45) is 17.3 Å². The average Bonchev–Trinajstić information content (AvgIpc) is 2.71. The number of hydrogen-bond acceptors (Lipinski definition) is 3. The average molecular weight is 245 g/mol. The van der Waals surface area contributed by atoms with Gasteiger partial charge in [-0.1, -0.05) is 44.2 Å². The van der Waals surface area contributed by atoms with E-state index in [4.69, 9.17) is 0 Å². The van der Waals surface area contributed by atoms with Gasteiger partial charge in [-0.05, 0) is 11.3 Å². The van der Waals surface area contributed by atoms with Crippen molar-refractivity contribution in [3.63, 3.8) is 0 Å². The number of carbonyl (C=O) groups excluding carboxylic acids is 1. The van der Waals surface area contributed by atoms with Crippen molar-refractivity contribution >= 4 is 5.78 Å². The van der Waals surface area contributed by atoms with Gasteiger partial charge in [-0.15, -0.1) is 0 Å². The van der Waals surface area contributed by atoms with Crippen LogP contribution < -0.4 is 0 Å². The van der Waals surface area contributed by atoms with Crippen LogP contribution in [0.3, 0.4) is 0 Å². The van der Waals surface area contributed by atoms with E-state index in [2.05, 4.69) is 13.8 Å². The third-order valence-corrected chi connectivity index (χ3v) is 4.71. The van der Waals surface area contributed by atoms with E-state index in [1.807, 2.05) is 35.2 Å². The highest BCUT2D eigenvalue weighted by Crippen LogP contribution is 2.64. The topological polar surface area (TPSA) is 40.5 Å². The van der Waals surface area contributed by atoms with E-state index in [0.29, 0.717) is 18.4 Å². The number of rotatable bonds is 3. The second-order valence-corrected chi connectivity index (χ2v) is 6.09. The highest BCUT2D eigenvalue weighted by molar-refractivity contribution is 5.97. The van der Waals surface area contributed by atoms with Crippen molar-refractivity contribution in [2.75, 3.05) is 13.1 Å². The Morgan fingerprint density at radius 1 is 1.39 bits per heavy atom. The Bertz CT molecular complexity index is 469. The van der Waals surface area contributed by atoms with E-state index in [0.717, 1.165) is 12.1 Å². The SMILES string of the molecule is CC1(C)[C@@H]2[C@@H](O)N(CC(=O)c3ccccc3)C[C@@H]21. The van der Waals surface area contributed by atoms with Gasteiger partial charge in [0.2, 0.25) is 0 Å². The molecule has 2 fully saturated rings. The van der Waals surface area contributed by atoms with Crippen LogP contribution >= 0.6 is 0 Å². The minimum atomic E-state index is -0.447. The summed E-state index contributed by atoms with van der Waals surface area (Å²) in [5.41, 5.74) is 0.982. The maximum Gasteiger partial charge on any atom is 0.176 e. The Hall–Kier alpha value is -1.19. The summed E-state index contributed by atoms with van der Waals surface area (Å²) in [6.07, 6.45) is -0.447. The zero-order valence-electron chi connectivity index (χ0n) is 10.8. The number of aliphatic hydroxyl groups excluding tert-OH is 1. The van der Waals surface area contributed by atoms with Crippen molar-refractivity contribution in [2.45, 2.75) is 20.1 Å². The molecular weight excluding hydrogens is 226 g/mol. The van der Waals surface area contributed by atoms with Crippen LogP contribution in [0.5, 0.6) is 0 Å². The molecule has 0 unspecified atom stereocenters. The summed E-state index contributed by atoms with van der Waals surface area (Å²) < 4.78 is 0. The summed E-state index contributed by atoms with van der Waals surface area (Å²) in [6, 6.07) is 9.30. The van der Waals surface area contributed by atoms with E-state index >= 15 is 0 Å². The van der Waals surface area contributed by atoms with Crippen LogP contribution in [-0.2, 0) is 0 Å². The molecule has 2 aliphatic rings. The Morgan fingerprint density at radius 2 is 2.06 bits per heavy atom. The maximum atomic E-state index is 12.1. The highest BCUT2D eigenvalue weighted by atomic mass is 16.3. The number of piperidine rings is 1. The van der Waals surface area contributed by atoms with Gasteiger partial charge >= 0.3 is 0 Å². The van der Waals surface area contributed by atoms with Crippen LogP contribution in [0.4, 0.5) is 0 Å². The maximum absolute atomic E-state index is 12.1. The van der Waals surface area contributed by atoms with Crippen molar-refractivity contribution in [3.8, 4) is 0 Å². The van der Waals surface area contributed by atoms with Crippen LogP contribution in [0.2, 0.25) is 0 Å². The molecule has 1 heterocycles. The molecule has 0 bridgehead atoms. The van der Waals surface area contributed by atoms with Gasteiger partial charge in [-0.2, -0.15) is 0 Å². The third-order valence-electron chi connectivity index (χ3n) is 4.71. The first-order valence-electron chi connectivity index (χ1n) is 6.52. The molecule has 1 saturated carbocycles. The normalized spacial score (nSPS) is 33.2. The van der Waals surface area contributed by atoms with E-state index in [-0.39, 0.29) is 11.2 Å². The smallest absolute Gasteiger partial charge is 0.176 e. The largest absolute Gasteiger partial charge is 0.378 e. The van der Waals surface area contributed by atoms with Crippen LogP contribution in [0, 0.1) is 17.3 Å². The minimum Gasteiger partial charge on any atom is -0.378 e. The summed E-state index contributed by atoms with van der Waals surface area (Å²) in [6.45, 7) is 5.56. The third kappa shape index (κ3) is 1.70. The number of hydrogen-bond donors (Lipinski definition) is 1. The lowest BCUT2D eigenvalue weighted by Gasteiger charge is -2.26. The first-order chi connectivity index (χ1) is 8.51. The van der Waals surface area contributed by atoms with Crippen molar-refractivity contribution in [1.29, 1.82) is 0 Å². The highest BCUT2D eigenvalue weighted by Gasteiger charge is 2.66. The number of carbonyl (C=O) groups is 1. The van der Waals surface area contributed by atoms with Gasteiger partial charge in [0, 0.05) is 18.0 Å². The van der Waals surface area contributed by atoms with Crippen molar-refractivity contribution in [1.82, 2.24) is 4.90 Å². The standard InChI is InChI=1S/C15H19NO2/c1-15(2)11-8-16(14(18)13(11)15)9-12(17)10-6-4-3-5-7-10/h3-7,11,13-14,18H,8-9H2,1-2H3/t11-,13-,14+/m0/s1. The lowest BCUT2D eigenvalue weighted by atomic mass is 10.0. The Labute approximate surface area is 107 Å². The molecule has 1 aromatic carbocycles. The van der Waals surface area contributed by atoms with Gasteiger partial charge in [0.25, 0.3) is 0 Å². The fraction of sp³-hybridized carbons (Fsp3) is 0.533. The number of aliphatic hydroxyl groups is 1. The molecule has 3 heteroatoms. The van der Waals surface area contributed by atoms with Crippen molar-refractivity contribution in [3.05, 3.63) is 35.9 Å². The van der Waals surface area contributed by atoms with E-state index in [1.54, 1.807) is 0 Å². The molecule has 3 nitrogen and oxygen atoms in total. The minimum absolute atomic E-state index is 0.0914. The Balaban J connectivity index is 1.65. The van der Waals surface area contributed by atoms with Gasteiger partial charge in [0.15, 0.2) is 5.78 Å².